The van der Waals surface area contributed by atoms with Gasteiger partial charge in [0.15, 0.2) is 5.69 Å². The summed E-state index contributed by atoms with van der Waals surface area (Å²) in [7, 11) is 1.72. The highest BCUT2D eigenvalue weighted by molar-refractivity contribution is 9.10. The van der Waals surface area contributed by atoms with Gasteiger partial charge in [0.05, 0.1) is 11.0 Å². The van der Waals surface area contributed by atoms with Crippen molar-refractivity contribution in [3.05, 3.63) is 63.4 Å². The van der Waals surface area contributed by atoms with Crippen molar-refractivity contribution >= 4 is 49.1 Å². The first-order valence-corrected chi connectivity index (χ1v) is 8.35. The molecule has 0 saturated carbocycles. The van der Waals surface area contributed by atoms with Crippen LogP contribution in [0.3, 0.4) is 0 Å². The van der Waals surface area contributed by atoms with Gasteiger partial charge in [-0.25, -0.2) is 0 Å². The normalized spacial score (nSPS) is 11.8. The largest absolute Gasteiger partial charge is 0.493 e. The number of azo groups is 1. The van der Waals surface area contributed by atoms with E-state index in [4.69, 9.17) is 0 Å². The van der Waals surface area contributed by atoms with Crippen molar-refractivity contribution in [2.75, 3.05) is 0 Å². The molecule has 0 radical (unpaired) electrons. The van der Waals surface area contributed by atoms with Crippen LogP contribution in [0.4, 0.5) is 11.4 Å². The third-order valence-electron chi connectivity index (χ3n) is 4.13. The number of fused-ring (bicyclic) bond motifs is 2. The molecule has 4 aromatic rings. The Balaban J connectivity index is 1.91. The SMILES string of the molecule is Cn1c(=O)cc(N=Nc2c(O)[nH]c3c(Br)cccc23)c2ccccc21. The number of nitrogens with one attached hydrogen (secondary N) is 1. The van der Waals surface area contributed by atoms with E-state index in [1.165, 1.54) is 6.07 Å². The van der Waals surface area contributed by atoms with E-state index >= 15 is 0 Å². The average Bonchev–Trinajstić information content (AvgIpc) is 2.94. The number of aromatic amines is 1. The lowest BCUT2D eigenvalue weighted by Gasteiger charge is -2.05. The van der Waals surface area contributed by atoms with Gasteiger partial charge >= 0.3 is 0 Å². The summed E-state index contributed by atoms with van der Waals surface area (Å²) in [6, 6.07) is 14.5. The number of aryl methyl sites for hydroxylation is 1. The van der Waals surface area contributed by atoms with Crippen LogP contribution in [0.2, 0.25) is 0 Å². The van der Waals surface area contributed by atoms with E-state index < -0.39 is 0 Å². The minimum absolute atomic E-state index is 0.0706. The topological polar surface area (TPSA) is 82.7 Å². The van der Waals surface area contributed by atoms with E-state index in [1.807, 2.05) is 42.5 Å². The Morgan fingerprint density at radius 3 is 2.68 bits per heavy atom. The highest BCUT2D eigenvalue weighted by Crippen LogP contribution is 2.39. The van der Waals surface area contributed by atoms with Crippen LogP contribution < -0.4 is 5.56 Å². The van der Waals surface area contributed by atoms with Gasteiger partial charge in [-0.05, 0) is 28.1 Å². The Morgan fingerprint density at radius 1 is 1.08 bits per heavy atom. The molecule has 0 unspecified atom stereocenters. The molecule has 0 atom stereocenters. The molecule has 7 heteroatoms. The second-order valence-electron chi connectivity index (χ2n) is 5.63. The van der Waals surface area contributed by atoms with Crippen molar-refractivity contribution in [1.82, 2.24) is 9.55 Å². The van der Waals surface area contributed by atoms with Crippen LogP contribution >= 0.6 is 15.9 Å². The number of halogens is 1. The molecule has 0 amide bonds. The maximum absolute atomic E-state index is 12.1. The van der Waals surface area contributed by atoms with Crippen molar-refractivity contribution in [2.24, 2.45) is 17.3 Å². The van der Waals surface area contributed by atoms with Gasteiger partial charge in [-0.1, -0.05) is 30.3 Å². The van der Waals surface area contributed by atoms with E-state index in [-0.39, 0.29) is 11.4 Å². The second-order valence-corrected chi connectivity index (χ2v) is 6.48. The first-order valence-electron chi connectivity index (χ1n) is 7.56. The molecule has 0 aliphatic heterocycles. The van der Waals surface area contributed by atoms with Gasteiger partial charge in [-0.15, -0.1) is 10.2 Å². The molecule has 2 aromatic carbocycles. The molecule has 2 aromatic heterocycles. The molecule has 25 heavy (non-hydrogen) atoms. The van der Waals surface area contributed by atoms with Crippen LogP contribution in [0.5, 0.6) is 5.88 Å². The highest BCUT2D eigenvalue weighted by atomic mass is 79.9. The van der Waals surface area contributed by atoms with Crippen LogP contribution in [-0.4, -0.2) is 14.7 Å². The van der Waals surface area contributed by atoms with Crippen LogP contribution in [0.25, 0.3) is 21.8 Å². The Bertz CT molecular complexity index is 1210. The zero-order valence-electron chi connectivity index (χ0n) is 13.2. The summed E-state index contributed by atoms with van der Waals surface area (Å²) in [6.45, 7) is 0. The van der Waals surface area contributed by atoms with Gasteiger partial charge in [0.25, 0.3) is 5.56 Å². The number of pyridine rings is 1. The number of aromatic nitrogens is 2. The zero-order valence-corrected chi connectivity index (χ0v) is 14.8. The first kappa shape index (κ1) is 15.6. The predicted octanol–water partition coefficient (Wildman–Crippen LogP) is 4.90. The van der Waals surface area contributed by atoms with Gasteiger partial charge in [0.2, 0.25) is 5.88 Å². The second kappa shape index (κ2) is 5.86. The average molecular weight is 397 g/mol. The van der Waals surface area contributed by atoms with Crippen molar-refractivity contribution < 1.29 is 5.11 Å². The number of benzene rings is 2. The van der Waals surface area contributed by atoms with E-state index in [9.17, 15) is 9.90 Å². The minimum atomic E-state index is -0.168. The zero-order chi connectivity index (χ0) is 17.6. The Hall–Kier alpha value is -2.93. The summed E-state index contributed by atoms with van der Waals surface area (Å²) in [5, 5.41) is 20.1. The van der Waals surface area contributed by atoms with Gasteiger partial charge in [0, 0.05) is 28.4 Å². The van der Waals surface area contributed by atoms with Gasteiger partial charge in [-0.3, -0.25) is 4.79 Å². The van der Waals surface area contributed by atoms with E-state index in [2.05, 4.69) is 31.1 Å². The molecule has 0 spiro atoms. The number of rotatable bonds is 2. The standard InChI is InChI=1S/C18H13BrN4O2/c1-23-14-8-3-2-5-10(14)13(9-15(23)24)21-22-17-11-6-4-7-12(19)16(11)20-18(17)25/h2-9,20,25H,1H3. The molecule has 2 heterocycles. The number of nitrogens with zero attached hydrogens (tertiary/aromatic N) is 3. The van der Waals surface area contributed by atoms with Crippen molar-refractivity contribution in [2.45, 2.75) is 0 Å². The third-order valence-corrected chi connectivity index (χ3v) is 4.79. The molecule has 0 fully saturated rings. The summed E-state index contributed by atoms with van der Waals surface area (Å²) < 4.78 is 2.38. The van der Waals surface area contributed by atoms with Crippen molar-refractivity contribution in [3.8, 4) is 5.88 Å². The number of aromatic hydroxyl groups is 1. The van der Waals surface area contributed by atoms with Gasteiger partial charge in [0.1, 0.15) is 5.69 Å². The van der Waals surface area contributed by atoms with Crippen LogP contribution in [-0.2, 0) is 7.05 Å². The fourth-order valence-electron chi connectivity index (χ4n) is 2.83. The third kappa shape index (κ3) is 2.53. The van der Waals surface area contributed by atoms with E-state index in [0.29, 0.717) is 11.4 Å². The number of H-pyrrole nitrogens is 1. The van der Waals surface area contributed by atoms with E-state index in [1.54, 1.807) is 11.6 Å². The monoisotopic (exact) mass is 396 g/mol. The van der Waals surface area contributed by atoms with Gasteiger partial charge in [-0.2, -0.15) is 0 Å². The lowest BCUT2D eigenvalue weighted by molar-refractivity contribution is 0.459. The summed E-state index contributed by atoms with van der Waals surface area (Å²) in [6.07, 6.45) is 0. The molecule has 4 rings (SSSR count). The van der Waals surface area contributed by atoms with Crippen LogP contribution in [0.15, 0.2) is 68.0 Å². The molecular formula is C18H13BrN4O2. The van der Waals surface area contributed by atoms with Crippen LogP contribution in [0.1, 0.15) is 0 Å². The lowest BCUT2D eigenvalue weighted by atomic mass is 10.2. The smallest absolute Gasteiger partial charge is 0.252 e. The molecular weight excluding hydrogens is 384 g/mol. The molecule has 0 bridgehead atoms. The van der Waals surface area contributed by atoms with Gasteiger partial charge < -0.3 is 14.7 Å². The fourth-order valence-corrected chi connectivity index (χ4v) is 3.30. The first-order chi connectivity index (χ1) is 12.1. The molecule has 6 nitrogen and oxygen atoms in total. The van der Waals surface area contributed by atoms with E-state index in [0.717, 1.165) is 26.3 Å². The summed E-state index contributed by atoms with van der Waals surface area (Å²) in [4.78, 5) is 15.0. The minimum Gasteiger partial charge on any atom is -0.493 e. The van der Waals surface area contributed by atoms with Crippen molar-refractivity contribution in [1.29, 1.82) is 0 Å². The predicted molar refractivity (Wildman–Crippen MR) is 101 cm³/mol. The number of hydrogen-bond acceptors (Lipinski definition) is 4. The Labute approximate surface area is 150 Å². The highest BCUT2D eigenvalue weighted by Gasteiger charge is 2.13. The number of hydrogen-bond donors (Lipinski definition) is 2. The summed E-state index contributed by atoms with van der Waals surface area (Å²) in [5.41, 5.74) is 2.14. The summed E-state index contributed by atoms with van der Waals surface area (Å²) >= 11 is 3.43. The quantitative estimate of drug-likeness (QED) is 0.472. The summed E-state index contributed by atoms with van der Waals surface area (Å²) in [5.74, 6) is -0.0706. The fraction of sp³-hybridized carbons (Fsp3) is 0.0556. The lowest BCUT2D eigenvalue weighted by Crippen LogP contribution is -2.15. The molecule has 0 aliphatic rings. The Kier molecular flexibility index (Phi) is 3.65. The molecule has 0 saturated heterocycles. The molecule has 2 N–H and O–H groups in total. The maximum atomic E-state index is 12.1. The molecule has 0 aliphatic carbocycles. The maximum Gasteiger partial charge on any atom is 0.252 e. The molecule has 124 valence electrons. The Morgan fingerprint density at radius 2 is 1.84 bits per heavy atom. The van der Waals surface area contributed by atoms with Crippen LogP contribution in [0, 0.1) is 0 Å². The van der Waals surface area contributed by atoms with Crippen molar-refractivity contribution in [3.63, 3.8) is 0 Å². The number of para-hydroxylation sites is 2.